The third-order valence-corrected chi connectivity index (χ3v) is 5.07. The van der Waals surface area contributed by atoms with Crippen LogP contribution >= 0.6 is 11.6 Å². The van der Waals surface area contributed by atoms with Crippen LogP contribution in [0.1, 0.15) is 16.7 Å². The summed E-state index contributed by atoms with van der Waals surface area (Å²) in [6, 6.07) is 30.3. The standard InChI is InChI=1S/C24H16ClN3/c25-19-13-10-18(11-14-19)24-26-23-20-9-5-4-6-16(20)12-15-21(23)22(27-28-24)17-7-2-1-3-8-17/h1-15H,(H,26,28). The van der Waals surface area contributed by atoms with E-state index >= 15 is 0 Å². The SMILES string of the molecule is Clc1ccc(C2=Nc3c(ccc4ccccc34)C(c3ccccc3)=NN2)cc1. The number of amidine groups is 1. The van der Waals surface area contributed by atoms with Gasteiger partial charge in [-0.05, 0) is 35.7 Å². The van der Waals surface area contributed by atoms with Gasteiger partial charge in [0.15, 0.2) is 5.84 Å². The van der Waals surface area contributed by atoms with Crippen LogP contribution in [-0.4, -0.2) is 11.5 Å². The first-order valence-corrected chi connectivity index (χ1v) is 9.43. The van der Waals surface area contributed by atoms with Crippen molar-refractivity contribution in [3.63, 3.8) is 0 Å². The molecule has 1 aliphatic rings. The summed E-state index contributed by atoms with van der Waals surface area (Å²) in [6.45, 7) is 0. The van der Waals surface area contributed by atoms with E-state index < -0.39 is 0 Å². The molecule has 134 valence electrons. The molecule has 0 aromatic heterocycles. The maximum Gasteiger partial charge on any atom is 0.154 e. The first kappa shape index (κ1) is 16.7. The lowest BCUT2D eigenvalue weighted by molar-refractivity contribution is 1.03. The van der Waals surface area contributed by atoms with Crippen LogP contribution in [0.25, 0.3) is 10.8 Å². The second-order valence-corrected chi connectivity index (χ2v) is 7.02. The van der Waals surface area contributed by atoms with Crippen LogP contribution in [0.2, 0.25) is 5.02 Å². The monoisotopic (exact) mass is 381 g/mol. The van der Waals surface area contributed by atoms with E-state index in [4.69, 9.17) is 21.7 Å². The quantitative estimate of drug-likeness (QED) is 0.459. The zero-order chi connectivity index (χ0) is 18.9. The van der Waals surface area contributed by atoms with E-state index in [0.29, 0.717) is 10.9 Å². The van der Waals surface area contributed by atoms with Crippen molar-refractivity contribution in [1.82, 2.24) is 5.43 Å². The van der Waals surface area contributed by atoms with E-state index in [1.54, 1.807) is 0 Å². The number of rotatable bonds is 2. The zero-order valence-electron chi connectivity index (χ0n) is 14.9. The fourth-order valence-electron chi connectivity index (χ4n) is 3.43. The molecule has 1 aliphatic heterocycles. The fourth-order valence-corrected chi connectivity index (χ4v) is 3.55. The van der Waals surface area contributed by atoms with Gasteiger partial charge in [0, 0.05) is 27.1 Å². The number of halogens is 1. The van der Waals surface area contributed by atoms with Crippen LogP contribution in [0.5, 0.6) is 0 Å². The van der Waals surface area contributed by atoms with E-state index in [1.807, 2.05) is 54.6 Å². The number of benzene rings is 4. The number of fused-ring (bicyclic) bond motifs is 3. The van der Waals surface area contributed by atoms with Gasteiger partial charge in [0.2, 0.25) is 0 Å². The van der Waals surface area contributed by atoms with Crippen molar-refractivity contribution in [2.75, 3.05) is 0 Å². The number of aliphatic imine (C=N–C) groups is 1. The Morgan fingerprint density at radius 3 is 2.25 bits per heavy atom. The van der Waals surface area contributed by atoms with Crippen molar-refractivity contribution >= 4 is 39.6 Å². The molecule has 4 heteroatoms. The van der Waals surface area contributed by atoms with Gasteiger partial charge in [0.1, 0.15) is 0 Å². The van der Waals surface area contributed by atoms with Gasteiger partial charge in [0.05, 0.1) is 11.4 Å². The molecule has 0 atom stereocenters. The minimum Gasteiger partial charge on any atom is -0.260 e. The summed E-state index contributed by atoms with van der Waals surface area (Å²) >= 11 is 6.06. The molecule has 4 aromatic carbocycles. The summed E-state index contributed by atoms with van der Waals surface area (Å²) in [5.41, 5.74) is 7.93. The molecule has 1 heterocycles. The van der Waals surface area contributed by atoms with Gasteiger partial charge >= 0.3 is 0 Å². The number of hydrogen-bond acceptors (Lipinski definition) is 3. The molecule has 0 bridgehead atoms. The van der Waals surface area contributed by atoms with Crippen molar-refractivity contribution in [3.05, 3.63) is 113 Å². The van der Waals surface area contributed by atoms with Gasteiger partial charge in [-0.25, -0.2) is 4.99 Å². The molecular weight excluding hydrogens is 366 g/mol. The predicted octanol–water partition coefficient (Wildman–Crippen LogP) is 5.93. The van der Waals surface area contributed by atoms with Crippen molar-refractivity contribution in [2.24, 2.45) is 10.1 Å². The van der Waals surface area contributed by atoms with Crippen LogP contribution in [-0.2, 0) is 0 Å². The van der Waals surface area contributed by atoms with Crippen molar-refractivity contribution in [2.45, 2.75) is 0 Å². The maximum atomic E-state index is 6.06. The summed E-state index contributed by atoms with van der Waals surface area (Å²) in [6.07, 6.45) is 0. The third-order valence-electron chi connectivity index (χ3n) is 4.82. The van der Waals surface area contributed by atoms with Crippen molar-refractivity contribution in [1.29, 1.82) is 0 Å². The highest BCUT2D eigenvalue weighted by molar-refractivity contribution is 6.30. The predicted molar refractivity (Wildman–Crippen MR) is 117 cm³/mol. The average molecular weight is 382 g/mol. The lowest BCUT2D eigenvalue weighted by Gasteiger charge is -2.10. The highest BCUT2D eigenvalue weighted by Gasteiger charge is 2.19. The van der Waals surface area contributed by atoms with E-state index in [0.717, 1.165) is 38.9 Å². The maximum absolute atomic E-state index is 6.06. The van der Waals surface area contributed by atoms with Crippen molar-refractivity contribution < 1.29 is 0 Å². The molecular formula is C24H16ClN3. The Labute approximate surface area is 168 Å². The fraction of sp³-hybridized carbons (Fsp3) is 0. The molecule has 3 nitrogen and oxygen atoms in total. The summed E-state index contributed by atoms with van der Waals surface area (Å²) < 4.78 is 0. The Morgan fingerprint density at radius 2 is 1.43 bits per heavy atom. The van der Waals surface area contributed by atoms with Crippen LogP contribution in [0.4, 0.5) is 5.69 Å². The van der Waals surface area contributed by atoms with Crippen LogP contribution in [0.15, 0.2) is 101 Å². The first-order chi connectivity index (χ1) is 13.8. The molecule has 0 saturated carbocycles. The molecule has 0 fully saturated rings. The van der Waals surface area contributed by atoms with Gasteiger partial charge in [-0.15, -0.1) is 0 Å². The van der Waals surface area contributed by atoms with E-state index in [1.165, 1.54) is 0 Å². The van der Waals surface area contributed by atoms with Gasteiger partial charge in [0.25, 0.3) is 0 Å². The molecule has 0 aliphatic carbocycles. The Balaban J connectivity index is 1.77. The van der Waals surface area contributed by atoms with Crippen molar-refractivity contribution in [3.8, 4) is 0 Å². The molecule has 0 unspecified atom stereocenters. The van der Waals surface area contributed by atoms with Crippen LogP contribution < -0.4 is 5.43 Å². The van der Waals surface area contributed by atoms with Crippen LogP contribution in [0, 0.1) is 0 Å². The number of nitrogens with one attached hydrogen (secondary N) is 1. The Morgan fingerprint density at radius 1 is 0.679 bits per heavy atom. The minimum atomic E-state index is 0.692. The molecule has 4 aromatic rings. The summed E-state index contributed by atoms with van der Waals surface area (Å²) in [5, 5.41) is 7.66. The second-order valence-electron chi connectivity index (χ2n) is 6.59. The number of nitrogens with zero attached hydrogens (tertiary/aromatic N) is 2. The summed E-state index contributed by atoms with van der Waals surface area (Å²) in [4.78, 5) is 4.99. The normalized spacial score (nSPS) is 13.2. The molecule has 28 heavy (non-hydrogen) atoms. The molecule has 0 amide bonds. The van der Waals surface area contributed by atoms with E-state index in [-0.39, 0.29) is 0 Å². The lowest BCUT2D eigenvalue weighted by Crippen LogP contribution is -2.19. The zero-order valence-corrected chi connectivity index (χ0v) is 15.7. The van der Waals surface area contributed by atoms with Gasteiger partial charge in [-0.2, -0.15) is 5.10 Å². The van der Waals surface area contributed by atoms with Gasteiger partial charge < -0.3 is 0 Å². The number of hydrazone groups is 1. The topological polar surface area (TPSA) is 36.8 Å². The molecule has 0 radical (unpaired) electrons. The third kappa shape index (κ3) is 2.96. The minimum absolute atomic E-state index is 0.692. The highest BCUT2D eigenvalue weighted by Crippen LogP contribution is 2.33. The largest absolute Gasteiger partial charge is 0.260 e. The summed E-state index contributed by atoms with van der Waals surface area (Å²) in [7, 11) is 0. The van der Waals surface area contributed by atoms with E-state index in [9.17, 15) is 0 Å². The molecule has 1 N–H and O–H groups in total. The lowest BCUT2D eigenvalue weighted by atomic mass is 9.97. The molecule has 0 spiro atoms. The van der Waals surface area contributed by atoms with Gasteiger partial charge in [-0.1, -0.05) is 72.3 Å². The second kappa shape index (κ2) is 6.95. The molecule has 0 saturated heterocycles. The Kier molecular flexibility index (Phi) is 4.15. The Bertz CT molecular complexity index is 1230. The van der Waals surface area contributed by atoms with E-state index in [2.05, 4.69) is 41.8 Å². The van der Waals surface area contributed by atoms with Crippen LogP contribution in [0.3, 0.4) is 0 Å². The number of hydrogen-bond donors (Lipinski definition) is 1. The smallest absolute Gasteiger partial charge is 0.154 e. The molecule has 5 rings (SSSR count). The Hall–Kier alpha value is -3.43. The highest BCUT2D eigenvalue weighted by atomic mass is 35.5. The first-order valence-electron chi connectivity index (χ1n) is 9.05. The average Bonchev–Trinajstić information content (AvgIpc) is 2.95. The van der Waals surface area contributed by atoms with Gasteiger partial charge in [-0.3, -0.25) is 5.43 Å². The summed E-state index contributed by atoms with van der Waals surface area (Å²) in [5.74, 6) is 0.695.